The van der Waals surface area contributed by atoms with E-state index in [1.165, 1.54) is 0 Å². The predicted molar refractivity (Wildman–Crippen MR) is 117 cm³/mol. The zero-order valence-corrected chi connectivity index (χ0v) is 18.1. The molecule has 0 fully saturated rings. The number of hydrogen-bond donors (Lipinski definition) is 0. The summed E-state index contributed by atoms with van der Waals surface area (Å²) in [5, 5.41) is 0. The molecule has 0 saturated carbocycles. The molecule has 3 aromatic rings. The molecule has 0 aromatic heterocycles. The zero-order valence-electron chi connectivity index (χ0n) is 17.2. The molecule has 152 valence electrons. The van der Waals surface area contributed by atoms with Crippen molar-refractivity contribution in [2.75, 3.05) is 0 Å². The van der Waals surface area contributed by atoms with Crippen molar-refractivity contribution >= 4 is 7.82 Å². The lowest BCUT2D eigenvalue weighted by atomic mass is 9.90. The topological polar surface area (TPSA) is 44.8 Å². The summed E-state index contributed by atoms with van der Waals surface area (Å²) >= 11 is 0. The Balaban J connectivity index is 2.01. The first-order valence-electron chi connectivity index (χ1n) is 9.79. The lowest BCUT2D eigenvalue weighted by molar-refractivity contribution is 0.297. The Kier molecular flexibility index (Phi) is 6.66. The Morgan fingerprint density at radius 3 is 1.59 bits per heavy atom. The van der Waals surface area contributed by atoms with Gasteiger partial charge in [-0.1, -0.05) is 76.2 Å². The number of phosphoric ester groups is 1. The Morgan fingerprint density at radius 1 is 0.621 bits per heavy atom. The highest BCUT2D eigenvalue weighted by molar-refractivity contribution is 7.49. The van der Waals surface area contributed by atoms with Gasteiger partial charge in [-0.25, -0.2) is 0 Å². The van der Waals surface area contributed by atoms with Gasteiger partial charge in [0.15, 0.2) is 0 Å². The van der Waals surface area contributed by atoms with Crippen molar-refractivity contribution in [1.82, 2.24) is 0 Å². The molecule has 0 unspecified atom stereocenters. The molecule has 0 N–H and O–H groups in total. The minimum atomic E-state index is -4.00. The van der Waals surface area contributed by atoms with E-state index in [-0.39, 0.29) is 5.92 Å². The second-order valence-corrected chi connectivity index (χ2v) is 8.86. The highest BCUT2D eigenvalue weighted by atomic mass is 31.2. The number of hydrogen-bond acceptors (Lipinski definition) is 4. The predicted octanol–water partition coefficient (Wildman–Crippen LogP) is 7.58. The summed E-state index contributed by atoms with van der Waals surface area (Å²) in [6.45, 7) is 8.45. The van der Waals surface area contributed by atoms with Gasteiger partial charge in [0.25, 0.3) is 0 Å². The molecular formula is C24H27O4P. The summed E-state index contributed by atoms with van der Waals surface area (Å²) in [6.07, 6.45) is 0. The minimum Gasteiger partial charge on any atom is -0.386 e. The molecule has 0 radical (unpaired) electrons. The van der Waals surface area contributed by atoms with E-state index in [1.54, 1.807) is 48.5 Å². The van der Waals surface area contributed by atoms with Gasteiger partial charge < -0.3 is 13.6 Å². The molecule has 4 nitrogen and oxygen atoms in total. The monoisotopic (exact) mass is 410 g/mol. The molecule has 0 aliphatic heterocycles. The molecule has 0 heterocycles. The molecule has 0 saturated heterocycles. The van der Waals surface area contributed by atoms with Crippen LogP contribution in [0.2, 0.25) is 0 Å². The second kappa shape index (κ2) is 9.19. The van der Waals surface area contributed by atoms with Crippen LogP contribution in [0.3, 0.4) is 0 Å². The average Bonchev–Trinajstić information content (AvgIpc) is 2.68. The molecular weight excluding hydrogens is 383 g/mol. The Labute approximate surface area is 173 Å². The fraction of sp³-hybridized carbons (Fsp3) is 0.250. The van der Waals surface area contributed by atoms with Crippen LogP contribution in [0.1, 0.15) is 50.7 Å². The maximum Gasteiger partial charge on any atom is 0.647 e. The summed E-state index contributed by atoms with van der Waals surface area (Å²) in [7, 11) is -4.00. The molecule has 0 amide bonds. The third kappa shape index (κ3) is 5.42. The van der Waals surface area contributed by atoms with Crippen LogP contribution in [0.15, 0.2) is 78.9 Å². The van der Waals surface area contributed by atoms with Crippen molar-refractivity contribution < 1.29 is 18.1 Å². The first-order chi connectivity index (χ1) is 13.9. The molecule has 29 heavy (non-hydrogen) atoms. The third-order valence-electron chi connectivity index (χ3n) is 4.43. The summed E-state index contributed by atoms with van der Waals surface area (Å²) in [5.41, 5.74) is 2.17. The number of benzene rings is 3. The van der Waals surface area contributed by atoms with Gasteiger partial charge in [-0.05, 0) is 47.7 Å². The largest absolute Gasteiger partial charge is 0.647 e. The van der Waals surface area contributed by atoms with Gasteiger partial charge in [-0.2, -0.15) is 4.57 Å². The van der Waals surface area contributed by atoms with Gasteiger partial charge >= 0.3 is 7.82 Å². The average molecular weight is 410 g/mol. The van der Waals surface area contributed by atoms with Crippen LogP contribution in [0.4, 0.5) is 0 Å². The first-order valence-corrected chi connectivity index (χ1v) is 11.3. The lowest BCUT2D eigenvalue weighted by Crippen LogP contribution is -2.10. The Bertz CT molecular complexity index is 923. The van der Waals surface area contributed by atoms with Crippen molar-refractivity contribution in [3.8, 4) is 17.2 Å². The molecule has 0 spiro atoms. The van der Waals surface area contributed by atoms with E-state index in [0.29, 0.717) is 23.2 Å². The Hall–Kier alpha value is -2.71. The number of para-hydroxylation sites is 2. The van der Waals surface area contributed by atoms with Gasteiger partial charge in [0.2, 0.25) is 0 Å². The molecule has 5 heteroatoms. The van der Waals surface area contributed by atoms with Crippen LogP contribution in [0.25, 0.3) is 0 Å². The van der Waals surface area contributed by atoms with Crippen molar-refractivity contribution in [2.24, 2.45) is 0 Å². The summed E-state index contributed by atoms with van der Waals surface area (Å²) in [5.74, 6) is 1.84. The van der Waals surface area contributed by atoms with E-state index < -0.39 is 7.82 Å². The fourth-order valence-corrected chi connectivity index (χ4v) is 4.43. The summed E-state index contributed by atoms with van der Waals surface area (Å²) in [4.78, 5) is 0. The molecule has 0 aliphatic rings. The van der Waals surface area contributed by atoms with Gasteiger partial charge in [0, 0.05) is 5.56 Å². The highest BCUT2D eigenvalue weighted by Gasteiger charge is 2.34. The van der Waals surface area contributed by atoms with Crippen molar-refractivity contribution in [1.29, 1.82) is 0 Å². The van der Waals surface area contributed by atoms with E-state index in [4.69, 9.17) is 13.6 Å². The van der Waals surface area contributed by atoms with Gasteiger partial charge in [-0.15, -0.1) is 0 Å². The quantitative estimate of drug-likeness (QED) is 0.359. The van der Waals surface area contributed by atoms with E-state index in [0.717, 1.165) is 11.1 Å². The van der Waals surface area contributed by atoms with Crippen LogP contribution in [0, 0.1) is 0 Å². The fourth-order valence-electron chi connectivity index (χ4n) is 3.16. The smallest absolute Gasteiger partial charge is 0.386 e. The normalized spacial score (nSPS) is 11.5. The minimum absolute atomic E-state index is 0.186. The van der Waals surface area contributed by atoms with E-state index in [1.807, 2.05) is 24.3 Å². The second-order valence-electron chi connectivity index (χ2n) is 7.42. The summed E-state index contributed by atoms with van der Waals surface area (Å²) in [6, 6.07) is 23.6. The van der Waals surface area contributed by atoms with Crippen LogP contribution in [0.5, 0.6) is 17.2 Å². The summed E-state index contributed by atoms with van der Waals surface area (Å²) < 4.78 is 31.2. The molecule has 0 aliphatic carbocycles. The van der Waals surface area contributed by atoms with Crippen LogP contribution >= 0.6 is 7.82 Å². The van der Waals surface area contributed by atoms with Gasteiger partial charge in [0.05, 0.1) is 0 Å². The lowest BCUT2D eigenvalue weighted by Gasteiger charge is -2.24. The standard InChI is InChI=1S/C24H27O4P/c1-18(2)22-16-11-17-23(24(22)19(3)4)28-29(25,26-20-12-7-5-8-13-20)27-21-14-9-6-10-15-21/h5-19H,1-4H3. The maximum absolute atomic E-state index is 13.7. The number of rotatable bonds is 8. The van der Waals surface area contributed by atoms with Crippen molar-refractivity contribution in [2.45, 2.75) is 39.5 Å². The molecule has 3 rings (SSSR count). The Morgan fingerprint density at radius 2 is 1.14 bits per heavy atom. The molecule has 0 atom stereocenters. The van der Waals surface area contributed by atoms with Crippen LogP contribution in [-0.2, 0) is 4.57 Å². The van der Waals surface area contributed by atoms with Crippen LogP contribution in [-0.4, -0.2) is 0 Å². The zero-order chi connectivity index (χ0) is 20.9. The van der Waals surface area contributed by atoms with Crippen LogP contribution < -0.4 is 13.6 Å². The van der Waals surface area contributed by atoms with E-state index in [9.17, 15) is 4.57 Å². The first kappa shape index (κ1) is 21.0. The van der Waals surface area contributed by atoms with Crippen molar-refractivity contribution in [3.63, 3.8) is 0 Å². The van der Waals surface area contributed by atoms with E-state index >= 15 is 0 Å². The highest BCUT2D eigenvalue weighted by Crippen LogP contribution is 2.51. The molecule has 3 aromatic carbocycles. The van der Waals surface area contributed by atoms with E-state index in [2.05, 4.69) is 33.8 Å². The van der Waals surface area contributed by atoms with Gasteiger partial charge in [0.1, 0.15) is 17.2 Å². The number of phosphoric acid groups is 1. The van der Waals surface area contributed by atoms with Crippen molar-refractivity contribution in [3.05, 3.63) is 90.0 Å². The third-order valence-corrected chi connectivity index (χ3v) is 5.72. The maximum atomic E-state index is 13.7. The van der Waals surface area contributed by atoms with Gasteiger partial charge in [-0.3, -0.25) is 0 Å². The molecule has 0 bridgehead atoms. The SMILES string of the molecule is CC(C)c1cccc(OP(=O)(Oc2ccccc2)Oc2ccccc2)c1C(C)C.